The Labute approximate surface area is 133 Å². The molecule has 120 valence electrons. The minimum absolute atomic E-state index is 0.101. The van der Waals surface area contributed by atoms with E-state index in [4.69, 9.17) is 0 Å². The summed E-state index contributed by atoms with van der Waals surface area (Å²) in [6, 6.07) is 8.28. The van der Waals surface area contributed by atoms with Gasteiger partial charge in [0.15, 0.2) is 0 Å². The van der Waals surface area contributed by atoms with Gasteiger partial charge in [-0.1, -0.05) is 37.1 Å². The largest absolute Gasteiger partial charge is 0.353 e. The third kappa shape index (κ3) is 3.03. The number of benzene rings is 1. The Morgan fingerprint density at radius 1 is 1.27 bits per heavy atom. The predicted molar refractivity (Wildman–Crippen MR) is 88.7 cm³/mol. The predicted octanol–water partition coefficient (Wildman–Crippen LogP) is 1.69. The number of rotatable bonds is 4. The molecule has 1 saturated carbocycles. The Hall–Kier alpha value is -1.39. The van der Waals surface area contributed by atoms with Crippen LogP contribution in [0, 0.1) is 0 Å². The first kappa shape index (κ1) is 15.5. The lowest BCUT2D eigenvalue weighted by Gasteiger charge is -2.37. The molecule has 1 aromatic rings. The summed E-state index contributed by atoms with van der Waals surface area (Å²) in [5.41, 5.74) is 2.76. The van der Waals surface area contributed by atoms with E-state index >= 15 is 0 Å². The summed E-state index contributed by atoms with van der Waals surface area (Å²) in [4.78, 5) is 14.8. The quantitative estimate of drug-likeness (QED) is 0.889. The summed E-state index contributed by atoms with van der Waals surface area (Å²) in [7, 11) is 4.26. The molecule has 3 rings (SSSR count). The first-order valence-corrected chi connectivity index (χ1v) is 8.36. The minimum atomic E-state index is -0.101. The summed E-state index contributed by atoms with van der Waals surface area (Å²) in [6.45, 7) is 1.55. The van der Waals surface area contributed by atoms with Gasteiger partial charge in [-0.2, -0.15) is 0 Å². The molecule has 1 atom stereocenters. The van der Waals surface area contributed by atoms with Crippen molar-refractivity contribution in [1.29, 1.82) is 0 Å². The standard InChI is InChI=1S/C18H27N3O/c1-21(2)18(9-5-6-10-18)13-20-17(22)16-11-14-7-3-4-8-15(14)12-19-16/h3-4,7-8,16,19H,5-6,9-13H2,1-2H3,(H,20,22). The van der Waals surface area contributed by atoms with Gasteiger partial charge >= 0.3 is 0 Å². The number of hydrogen-bond donors (Lipinski definition) is 2. The molecule has 1 amide bonds. The molecule has 4 heteroatoms. The molecular weight excluding hydrogens is 274 g/mol. The van der Waals surface area contributed by atoms with Crippen LogP contribution in [0.15, 0.2) is 24.3 Å². The number of nitrogens with one attached hydrogen (secondary N) is 2. The summed E-state index contributed by atoms with van der Waals surface area (Å²) in [6.07, 6.45) is 5.69. The lowest BCUT2D eigenvalue weighted by molar-refractivity contribution is -0.123. The SMILES string of the molecule is CN(C)C1(CNC(=O)C2Cc3ccccc3CN2)CCCC1. The van der Waals surface area contributed by atoms with Crippen LogP contribution in [0.5, 0.6) is 0 Å². The van der Waals surface area contributed by atoms with Crippen LogP contribution in [0.25, 0.3) is 0 Å². The molecule has 2 aliphatic rings. The molecule has 0 saturated heterocycles. The second-order valence-electron chi connectivity index (χ2n) is 6.95. The van der Waals surface area contributed by atoms with Crippen LogP contribution in [0.1, 0.15) is 36.8 Å². The summed E-state index contributed by atoms with van der Waals surface area (Å²) in [5.74, 6) is 0.141. The molecule has 1 aliphatic carbocycles. The highest BCUT2D eigenvalue weighted by atomic mass is 16.2. The fourth-order valence-corrected chi connectivity index (χ4v) is 3.83. The smallest absolute Gasteiger partial charge is 0.237 e. The molecule has 1 fully saturated rings. The number of nitrogens with zero attached hydrogens (tertiary/aromatic N) is 1. The molecule has 0 aromatic heterocycles. The molecule has 0 bridgehead atoms. The van der Waals surface area contributed by atoms with Crippen molar-refractivity contribution in [3.63, 3.8) is 0 Å². The second-order valence-corrected chi connectivity index (χ2v) is 6.95. The lowest BCUT2D eigenvalue weighted by Crippen LogP contribution is -2.55. The van der Waals surface area contributed by atoms with Gasteiger partial charge in [0.1, 0.15) is 0 Å². The van der Waals surface area contributed by atoms with Gasteiger partial charge in [0.2, 0.25) is 5.91 Å². The van der Waals surface area contributed by atoms with Crippen LogP contribution >= 0.6 is 0 Å². The highest BCUT2D eigenvalue weighted by molar-refractivity contribution is 5.82. The van der Waals surface area contributed by atoms with Crippen molar-refractivity contribution >= 4 is 5.91 Å². The minimum Gasteiger partial charge on any atom is -0.353 e. The first-order chi connectivity index (χ1) is 10.6. The maximum absolute atomic E-state index is 12.5. The van der Waals surface area contributed by atoms with Crippen LogP contribution in [-0.4, -0.2) is 43.0 Å². The molecule has 4 nitrogen and oxygen atoms in total. The number of carbonyl (C=O) groups excluding carboxylic acids is 1. The van der Waals surface area contributed by atoms with Gasteiger partial charge in [-0.05, 0) is 44.5 Å². The topological polar surface area (TPSA) is 44.4 Å². The van der Waals surface area contributed by atoms with E-state index in [0.29, 0.717) is 0 Å². The van der Waals surface area contributed by atoms with E-state index in [1.165, 1.54) is 36.8 Å². The van der Waals surface area contributed by atoms with Crippen LogP contribution in [-0.2, 0) is 17.8 Å². The van der Waals surface area contributed by atoms with E-state index in [2.05, 4.69) is 53.9 Å². The van der Waals surface area contributed by atoms with E-state index in [0.717, 1.165) is 19.5 Å². The molecule has 22 heavy (non-hydrogen) atoms. The Kier molecular flexibility index (Phi) is 4.50. The number of carbonyl (C=O) groups is 1. The Balaban J connectivity index is 1.59. The normalized spacial score (nSPS) is 23.3. The number of likely N-dealkylation sites (N-methyl/N-ethyl adjacent to an activating group) is 1. The summed E-state index contributed by atoms with van der Waals surface area (Å²) in [5, 5.41) is 6.57. The highest BCUT2D eigenvalue weighted by Gasteiger charge is 2.36. The maximum atomic E-state index is 12.5. The number of amides is 1. The lowest BCUT2D eigenvalue weighted by atomic mass is 9.94. The summed E-state index contributed by atoms with van der Waals surface area (Å²) < 4.78 is 0. The van der Waals surface area contributed by atoms with Gasteiger partial charge in [0.05, 0.1) is 6.04 Å². The van der Waals surface area contributed by atoms with Crippen molar-refractivity contribution in [2.24, 2.45) is 0 Å². The van der Waals surface area contributed by atoms with Gasteiger partial charge in [-0.15, -0.1) is 0 Å². The molecule has 1 aromatic carbocycles. The van der Waals surface area contributed by atoms with Crippen molar-refractivity contribution in [3.05, 3.63) is 35.4 Å². The van der Waals surface area contributed by atoms with E-state index in [9.17, 15) is 4.79 Å². The van der Waals surface area contributed by atoms with E-state index < -0.39 is 0 Å². The van der Waals surface area contributed by atoms with E-state index in [-0.39, 0.29) is 17.5 Å². The summed E-state index contributed by atoms with van der Waals surface area (Å²) >= 11 is 0. The molecule has 0 spiro atoms. The fourth-order valence-electron chi connectivity index (χ4n) is 3.83. The van der Waals surface area contributed by atoms with Crippen LogP contribution in [0.3, 0.4) is 0 Å². The molecule has 1 aliphatic heterocycles. The Bertz CT molecular complexity index is 535. The van der Waals surface area contributed by atoms with E-state index in [1.54, 1.807) is 0 Å². The van der Waals surface area contributed by atoms with Crippen LogP contribution in [0.4, 0.5) is 0 Å². The van der Waals surface area contributed by atoms with Crippen molar-refractivity contribution < 1.29 is 4.79 Å². The molecular formula is C18H27N3O. The molecule has 1 unspecified atom stereocenters. The fraction of sp³-hybridized carbons (Fsp3) is 0.611. The Morgan fingerprint density at radius 2 is 1.95 bits per heavy atom. The van der Waals surface area contributed by atoms with Gasteiger partial charge in [-0.25, -0.2) is 0 Å². The second kappa shape index (κ2) is 6.39. The maximum Gasteiger partial charge on any atom is 0.237 e. The average molecular weight is 301 g/mol. The van der Waals surface area contributed by atoms with Crippen molar-refractivity contribution in [3.8, 4) is 0 Å². The number of hydrogen-bond acceptors (Lipinski definition) is 3. The van der Waals surface area contributed by atoms with Gasteiger partial charge in [0, 0.05) is 18.6 Å². The Morgan fingerprint density at radius 3 is 2.64 bits per heavy atom. The highest BCUT2D eigenvalue weighted by Crippen LogP contribution is 2.33. The van der Waals surface area contributed by atoms with Crippen molar-refractivity contribution in [1.82, 2.24) is 15.5 Å². The number of fused-ring (bicyclic) bond motifs is 1. The monoisotopic (exact) mass is 301 g/mol. The average Bonchev–Trinajstić information content (AvgIpc) is 3.02. The van der Waals surface area contributed by atoms with Crippen LogP contribution < -0.4 is 10.6 Å². The third-order valence-electron chi connectivity index (χ3n) is 5.47. The zero-order chi connectivity index (χ0) is 15.6. The molecule has 0 radical (unpaired) electrons. The van der Waals surface area contributed by atoms with Gasteiger partial charge in [-0.3, -0.25) is 4.79 Å². The zero-order valence-corrected chi connectivity index (χ0v) is 13.7. The van der Waals surface area contributed by atoms with Gasteiger partial charge in [0.25, 0.3) is 0 Å². The first-order valence-electron chi connectivity index (χ1n) is 8.36. The molecule has 1 heterocycles. The third-order valence-corrected chi connectivity index (χ3v) is 5.47. The molecule has 2 N–H and O–H groups in total. The van der Waals surface area contributed by atoms with Crippen LogP contribution in [0.2, 0.25) is 0 Å². The van der Waals surface area contributed by atoms with Crippen molar-refractivity contribution in [2.45, 2.75) is 50.2 Å². The van der Waals surface area contributed by atoms with Gasteiger partial charge < -0.3 is 15.5 Å². The van der Waals surface area contributed by atoms with Crippen molar-refractivity contribution in [2.75, 3.05) is 20.6 Å². The van der Waals surface area contributed by atoms with E-state index in [1.807, 2.05) is 0 Å². The zero-order valence-electron chi connectivity index (χ0n) is 13.7.